The molecule has 0 aliphatic heterocycles. The maximum absolute atomic E-state index is 11.4. The van der Waals surface area contributed by atoms with Gasteiger partial charge in [0.25, 0.3) is 0 Å². The van der Waals surface area contributed by atoms with Gasteiger partial charge in [-0.15, -0.1) is 0 Å². The van der Waals surface area contributed by atoms with E-state index < -0.39 is 0 Å². The van der Waals surface area contributed by atoms with Gasteiger partial charge in [-0.05, 0) is 26.2 Å². The lowest BCUT2D eigenvalue weighted by Crippen LogP contribution is -2.28. The van der Waals surface area contributed by atoms with E-state index in [1.54, 1.807) is 0 Å². The fourth-order valence-corrected chi connectivity index (χ4v) is 1.78. The van der Waals surface area contributed by atoms with Gasteiger partial charge in [0.2, 0.25) is 0 Å². The van der Waals surface area contributed by atoms with Crippen LogP contribution < -0.4 is 0 Å². The summed E-state index contributed by atoms with van der Waals surface area (Å²) in [6, 6.07) is 0. The summed E-state index contributed by atoms with van der Waals surface area (Å²) in [6.45, 7) is 2.81. The summed E-state index contributed by atoms with van der Waals surface area (Å²) in [7, 11) is 0. The van der Waals surface area contributed by atoms with E-state index in [9.17, 15) is 9.59 Å². The van der Waals surface area contributed by atoms with E-state index in [2.05, 4.69) is 0 Å². The van der Waals surface area contributed by atoms with Gasteiger partial charge in [0.15, 0.2) is 0 Å². The van der Waals surface area contributed by atoms with Crippen LogP contribution in [0.1, 0.15) is 39.0 Å². The maximum atomic E-state index is 11.4. The van der Waals surface area contributed by atoms with Gasteiger partial charge in [-0.25, -0.2) is 9.78 Å². The summed E-state index contributed by atoms with van der Waals surface area (Å²) < 4.78 is 0. The van der Waals surface area contributed by atoms with Crippen molar-refractivity contribution in [2.45, 2.75) is 39.0 Å². The Hall–Kier alpha value is -0.740. The first-order valence-electron chi connectivity index (χ1n) is 5.55. The lowest BCUT2D eigenvalue weighted by atomic mass is 9.84. The van der Waals surface area contributed by atoms with Crippen molar-refractivity contribution in [2.24, 2.45) is 5.92 Å². The van der Waals surface area contributed by atoms with E-state index in [-0.39, 0.29) is 17.5 Å². The smallest absolute Gasteiger partial charge is 0.143 e. The molecule has 4 heteroatoms. The van der Waals surface area contributed by atoms with Crippen molar-refractivity contribution in [3.63, 3.8) is 0 Å². The second kappa shape index (κ2) is 6.69. The number of hydrogen-bond donors (Lipinski definition) is 0. The normalized spacial score (nSPS) is 18.5. The monoisotopic (exact) mass is 214 g/mol. The van der Waals surface area contributed by atoms with Crippen LogP contribution in [0.5, 0.6) is 0 Å². The Morgan fingerprint density at radius 3 is 2.47 bits per heavy atom. The van der Waals surface area contributed by atoms with Crippen molar-refractivity contribution >= 4 is 11.6 Å². The van der Waals surface area contributed by atoms with Gasteiger partial charge in [0.1, 0.15) is 11.6 Å². The van der Waals surface area contributed by atoms with Crippen LogP contribution in [0.2, 0.25) is 0 Å². The second-order valence-electron chi connectivity index (χ2n) is 3.71. The van der Waals surface area contributed by atoms with Crippen LogP contribution in [0.15, 0.2) is 0 Å². The Morgan fingerprint density at radius 2 is 1.87 bits per heavy atom. The van der Waals surface area contributed by atoms with Crippen LogP contribution >= 0.6 is 0 Å². The third kappa shape index (κ3) is 4.10. The Bertz CT molecular complexity index is 209. The number of Topliss-reactive ketones (excluding diaryl/α,β-unsaturated/α-hetero) is 2. The minimum absolute atomic E-state index is 0.0997. The Balaban J connectivity index is 2.18. The molecular formula is C11H18O4. The third-order valence-corrected chi connectivity index (χ3v) is 2.55. The average molecular weight is 214 g/mol. The first-order valence-corrected chi connectivity index (χ1v) is 5.55. The number of ketones is 2. The number of hydrogen-bond acceptors (Lipinski definition) is 4. The quantitative estimate of drug-likeness (QED) is 0.292. The van der Waals surface area contributed by atoms with Crippen molar-refractivity contribution < 1.29 is 19.4 Å². The molecule has 86 valence electrons. The van der Waals surface area contributed by atoms with Crippen LogP contribution in [0.3, 0.4) is 0 Å². The SMILES string of the molecule is CCOOCCCC1C(=O)CCCC1=O. The zero-order valence-electron chi connectivity index (χ0n) is 9.16. The summed E-state index contributed by atoms with van der Waals surface area (Å²) in [6.07, 6.45) is 3.14. The highest BCUT2D eigenvalue weighted by Crippen LogP contribution is 2.21. The molecule has 0 aromatic rings. The van der Waals surface area contributed by atoms with Crippen molar-refractivity contribution in [1.82, 2.24) is 0 Å². The van der Waals surface area contributed by atoms with E-state index in [1.165, 1.54) is 0 Å². The summed E-state index contributed by atoms with van der Waals surface area (Å²) in [5.41, 5.74) is 0. The topological polar surface area (TPSA) is 52.6 Å². The molecule has 0 radical (unpaired) electrons. The fraction of sp³-hybridized carbons (Fsp3) is 0.818. The van der Waals surface area contributed by atoms with Crippen LogP contribution in [-0.4, -0.2) is 24.8 Å². The van der Waals surface area contributed by atoms with Crippen molar-refractivity contribution in [3.05, 3.63) is 0 Å². The van der Waals surface area contributed by atoms with Gasteiger partial charge in [0.05, 0.1) is 19.1 Å². The highest BCUT2D eigenvalue weighted by Gasteiger charge is 2.28. The third-order valence-electron chi connectivity index (χ3n) is 2.55. The molecular weight excluding hydrogens is 196 g/mol. The molecule has 0 amide bonds. The minimum Gasteiger partial charge on any atom is -0.299 e. The predicted octanol–water partition coefficient (Wildman–Crippen LogP) is 1.67. The summed E-state index contributed by atoms with van der Waals surface area (Å²) in [4.78, 5) is 32.4. The fourth-order valence-electron chi connectivity index (χ4n) is 1.78. The van der Waals surface area contributed by atoms with Gasteiger partial charge in [-0.2, -0.15) is 0 Å². The van der Waals surface area contributed by atoms with Crippen LogP contribution in [0, 0.1) is 5.92 Å². The lowest BCUT2D eigenvalue weighted by molar-refractivity contribution is -0.291. The first kappa shape index (κ1) is 12.3. The second-order valence-corrected chi connectivity index (χ2v) is 3.71. The molecule has 0 N–H and O–H groups in total. The van der Waals surface area contributed by atoms with E-state index in [0.29, 0.717) is 38.9 Å². The molecule has 0 aromatic carbocycles. The van der Waals surface area contributed by atoms with Gasteiger partial charge >= 0.3 is 0 Å². The first-order chi connectivity index (χ1) is 7.25. The van der Waals surface area contributed by atoms with Crippen LogP contribution in [-0.2, 0) is 19.4 Å². The lowest BCUT2D eigenvalue weighted by Gasteiger charge is -2.18. The van der Waals surface area contributed by atoms with Gasteiger partial charge in [0, 0.05) is 12.8 Å². The Morgan fingerprint density at radius 1 is 1.20 bits per heavy atom. The number of carbonyl (C=O) groups is 2. The molecule has 1 rings (SSSR count). The van der Waals surface area contributed by atoms with Crippen LogP contribution in [0.25, 0.3) is 0 Å². The number of carbonyl (C=O) groups excluding carboxylic acids is 2. The molecule has 0 atom stereocenters. The molecule has 1 saturated carbocycles. The molecule has 1 aliphatic rings. The highest BCUT2D eigenvalue weighted by atomic mass is 17.2. The predicted molar refractivity (Wildman–Crippen MR) is 54.2 cm³/mol. The van der Waals surface area contributed by atoms with Gasteiger partial charge < -0.3 is 0 Å². The molecule has 0 aromatic heterocycles. The maximum Gasteiger partial charge on any atom is 0.143 e. The molecule has 0 unspecified atom stereocenters. The average Bonchev–Trinajstić information content (AvgIpc) is 2.21. The molecule has 0 bridgehead atoms. The molecule has 0 spiro atoms. The minimum atomic E-state index is -0.371. The molecule has 15 heavy (non-hydrogen) atoms. The largest absolute Gasteiger partial charge is 0.299 e. The van der Waals surface area contributed by atoms with Crippen LogP contribution in [0.4, 0.5) is 0 Å². The van der Waals surface area contributed by atoms with Gasteiger partial charge in [-0.3, -0.25) is 9.59 Å². The summed E-state index contributed by atoms with van der Waals surface area (Å²) in [5, 5.41) is 0. The van der Waals surface area contributed by atoms with Gasteiger partial charge in [-0.1, -0.05) is 0 Å². The Kier molecular flexibility index (Phi) is 5.50. The van der Waals surface area contributed by atoms with E-state index in [1.807, 2.05) is 6.92 Å². The Labute approximate surface area is 89.9 Å². The number of rotatable bonds is 6. The summed E-state index contributed by atoms with van der Waals surface area (Å²) in [5.74, 6) is -0.172. The highest BCUT2D eigenvalue weighted by molar-refractivity contribution is 6.04. The molecule has 1 fully saturated rings. The molecule has 0 heterocycles. The standard InChI is InChI=1S/C11H18O4/c1-2-14-15-8-4-5-9-10(12)6-3-7-11(9)13/h9H,2-8H2,1H3. The molecule has 0 saturated heterocycles. The summed E-state index contributed by atoms with van der Waals surface area (Å²) >= 11 is 0. The molecule has 1 aliphatic carbocycles. The van der Waals surface area contributed by atoms with E-state index >= 15 is 0 Å². The zero-order chi connectivity index (χ0) is 11.1. The van der Waals surface area contributed by atoms with E-state index in [0.717, 1.165) is 6.42 Å². The molecule has 4 nitrogen and oxygen atoms in total. The van der Waals surface area contributed by atoms with Crippen molar-refractivity contribution in [2.75, 3.05) is 13.2 Å². The van der Waals surface area contributed by atoms with Crippen molar-refractivity contribution in [3.8, 4) is 0 Å². The van der Waals surface area contributed by atoms with Crippen molar-refractivity contribution in [1.29, 1.82) is 0 Å². The van der Waals surface area contributed by atoms with E-state index in [4.69, 9.17) is 9.78 Å². The zero-order valence-corrected chi connectivity index (χ0v) is 9.16.